The summed E-state index contributed by atoms with van der Waals surface area (Å²) >= 11 is 3.48. The number of hydrogen-bond donors (Lipinski definition) is 0. The Labute approximate surface area is 131 Å². The molecule has 3 nitrogen and oxygen atoms in total. The maximum Gasteiger partial charge on any atom is 0.144 e. The monoisotopic (exact) mass is 342 g/mol. The maximum atomic E-state index is 12.3. The van der Waals surface area contributed by atoms with Crippen LogP contribution >= 0.6 is 15.9 Å². The molecule has 0 bridgehead atoms. The number of benzene rings is 2. The molecule has 0 aliphatic carbocycles. The molecule has 0 radical (unpaired) electrons. The highest BCUT2D eigenvalue weighted by Gasteiger charge is 2.13. The van der Waals surface area contributed by atoms with Crippen molar-refractivity contribution in [1.82, 2.24) is 9.55 Å². The molecule has 3 rings (SSSR count). The van der Waals surface area contributed by atoms with Crippen LogP contribution < -0.4 is 0 Å². The van der Waals surface area contributed by atoms with Gasteiger partial charge in [-0.1, -0.05) is 46.3 Å². The first-order valence-electron chi connectivity index (χ1n) is 6.80. The van der Waals surface area contributed by atoms with Crippen molar-refractivity contribution in [3.63, 3.8) is 0 Å². The normalized spacial score (nSPS) is 11.0. The van der Waals surface area contributed by atoms with Gasteiger partial charge < -0.3 is 4.57 Å². The standard InChI is InChI=1S/C17H15BrN2O/c1-20-16-9-5-4-8-15(16)19-17(20)11-13(21)10-12-6-2-3-7-14(12)18/h2-9H,10-11H2,1H3. The molecule has 0 saturated heterocycles. The molecule has 0 amide bonds. The number of aromatic nitrogens is 2. The molecule has 1 aromatic heterocycles. The summed E-state index contributed by atoms with van der Waals surface area (Å²) in [5, 5.41) is 0. The van der Waals surface area contributed by atoms with Gasteiger partial charge in [0.05, 0.1) is 17.5 Å². The van der Waals surface area contributed by atoms with E-state index in [1.165, 1.54) is 0 Å². The molecule has 1 heterocycles. The predicted octanol–water partition coefficient (Wildman–Crippen LogP) is 3.69. The van der Waals surface area contributed by atoms with Gasteiger partial charge in [-0.2, -0.15) is 0 Å². The second kappa shape index (κ2) is 5.82. The van der Waals surface area contributed by atoms with Crippen LogP contribution in [-0.2, 0) is 24.7 Å². The fraction of sp³-hybridized carbons (Fsp3) is 0.176. The third kappa shape index (κ3) is 2.90. The quantitative estimate of drug-likeness (QED) is 0.724. The number of carbonyl (C=O) groups excluding carboxylic acids is 1. The van der Waals surface area contributed by atoms with Crippen molar-refractivity contribution in [2.45, 2.75) is 12.8 Å². The Morgan fingerprint density at radius 2 is 1.81 bits per heavy atom. The molecule has 0 spiro atoms. The second-order valence-electron chi connectivity index (χ2n) is 5.06. The third-order valence-corrected chi connectivity index (χ3v) is 4.35. The lowest BCUT2D eigenvalue weighted by atomic mass is 10.1. The number of nitrogens with zero attached hydrogens (tertiary/aromatic N) is 2. The minimum absolute atomic E-state index is 0.167. The molecule has 0 aliphatic rings. The van der Waals surface area contributed by atoms with E-state index in [-0.39, 0.29) is 5.78 Å². The van der Waals surface area contributed by atoms with E-state index in [9.17, 15) is 4.79 Å². The van der Waals surface area contributed by atoms with E-state index in [4.69, 9.17) is 0 Å². The highest BCUT2D eigenvalue weighted by Crippen LogP contribution is 2.18. The highest BCUT2D eigenvalue weighted by molar-refractivity contribution is 9.10. The number of Topliss-reactive ketones (excluding diaryl/α,β-unsaturated/α-hetero) is 1. The van der Waals surface area contributed by atoms with Crippen LogP contribution in [0.1, 0.15) is 11.4 Å². The first-order chi connectivity index (χ1) is 10.1. The Bertz CT molecular complexity index is 807. The smallest absolute Gasteiger partial charge is 0.144 e. The van der Waals surface area contributed by atoms with Crippen molar-refractivity contribution in [3.8, 4) is 0 Å². The van der Waals surface area contributed by atoms with Crippen LogP contribution in [0.2, 0.25) is 0 Å². The number of para-hydroxylation sites is 2. The lowest BCUT2D eigenvalue weighted by Gasteiger charge is -2.04. The predicted molar refractivity (Wildman–Crippen MR) is 87.3 cm³/mol. The first kappa shape index (κ1) is 14.0. The second-order valence-corrected chi connectivity index (χ2v) is 5.91. The molecule has 3 aromatic rings. The van der Waals surface area contributed by atoms with Crippen molar-refractivity contribution in [1.29, 1.82) is 0 Å². The van der Waals surface area contributed by atoms with Gasteiger partial charge in [0.1, 0.15) is 11.6 Å². The van der Waals surface area contributed by atoms with E-state index in [1.807, 2.05) is 60.1 Å². The summed E-state index contributed by atoms with van der Waals surface area (Å²) in [6.07, 6.45) is 0.775. The first-order valence-corrected chi connectivity index (χ1v) is 7.60. The molecule has 21 heavy (non-hydrogen) atoms. The summed E-state index contributed by atoms with van der Waals surface area (Å²) in [4.78, 5) is 16.8. The van der Waals surface area contributed by atoms with E-state index < -0.39 is 0 Å². The van der Waals surface area contributed by atoms with Gasteiger partial charge in [0, 0.05) is 17.9 Å². The van der Waals surface area contributed by atoms with E-state index in [0.29, 0.717) is 12.8 Å². The van der Waals surface area contributed by atoms with Crippen LogP contribution in [0.5, 0.6) is 0 Å². The van der Waals surface area contributed by atoms with Gasteiger partial charge in [0.15, 0.2) is 0 Å². The van der Waals surface area contributed by atoms with Gasteiger partial charge in [-0.25, -0.2) is 4.98 Å². The van der Waals surface area contributed by atoms with Crippen molar-refractivity contribution < 1.29 is 4.79 Å². The fourth-order valence-corrected chi connectivity index (χ4v) is 2.87. The van der Waals surface area contributed by atoms with Crippen molar-refractivity contribution in [2.75, 3.05) is 0 Å². The molecule has 0 atom stereocenters. The Balaban J connectivity index is 1.81. The lowest BCUT2D eigenvalue weighted by molar-refractivity contribution is -0.117. The van der Waals surface area contributed by atoms with Gasteiger partial charge in [0.2, 0.25) is 0 Å². The van der Waals surface area contributed by atoms with Crippen LogP contribution in [0, 0.1) is 0 Å². The Hall–Kier alpha value is -1.94. The largest absolute Gasteiger partial charge is 0.331 e. The zero-order valence-corrected chi connectivity index (χ0v) is 13.3. The zero-order chi connectivity index (χ0) is 14.8. The molecule has 4 heteroatoms. The molecule has 2 aromatic carbocycles. The van der Waals surface area contributed by atoms with E-state index in [2.05, 4.69) is 20.9 Å². The minimum atomic E-state index is 0.167. The van der Waals surface area contributed by atoms with Crippen molar-refractivity contribution >= 4 is 32.7 Å². The summed E-state index contributed by atoms with van der Waals surface area (Å²) in [5.41, 5.74) is 3.01. The number of halogens is 1. The average Bonchev–Trinajstić information content (AvgIpc) is 2.78. The third-order valence-electron chi connectivity index (χ3n) is 3.58. The molecule has 0 N–H and O–H groups in total. The maximum absolute atomic E-state index is 12.3. The number of imidazole rings is 1. The van der Waals surface area contributed by atoms with Gasteiger partial charge in [-0.05, 0) is 23.8 Å². The van der Waals surface area contributed by atoms with Gasteiger partial charge >= 0.3 is 0 Å². The van der Waals surface area contributed by atoms with E-state index in [0.717, 1.165) is 26.9 Å². The molecular formula is C17H15BrN2O. The van der Waals surface area contributed by atoms with Crippen molar-refractivity contribution in [3.05, 3.63) is 64.4 Å². The molecule has 0 fully saturated rings. The molecule has 106 valence electrons. The van der Waals surface area contributed by atoms with Crippen LogP contribution in [0.4, 0.5) is 0 Å². The topological polar surface area (TPSA) is 34.9 Å². The van der Waals surface area contributed by atoms with E-state index in [1.54, 1.807) is 0 Å². The highest BCUT2D eigenvalue weighted by atomic mass is 79.9. The number of fused-ring (bicyclic) bond motifs is 1. The number of ketones is 1. The fourth-order valence-electron chi connectivity index (χ4n) is 2.45. The molecule has 0 saturated carbocycles. The number of aryl methyl sites for hydroxylation is 1. The van der Waals surface area contributed by atoms with Crippen LogP contribution in [-0.4, -0.2) is 15.3 Å². The van der Waals surface area contributed by atoms with E-state index >= 15 is 0 Å². The average molecular weight is 343 g/mol. The van der Waals surface area contributed by atoms with Gasteiger partial charge in [-0.3, -0.25) is 4.79 Å². The van der Waals surface area contributed by atoms with Gasteiger partial charge in [0.25, 0.3) is 0 Å². The number of carbonyl (C=O) groups is 1. The summed E-state index contributed by atoms with van der Waals surface area (Å²) in [5.74, 6) is 0.980. The summed E-state index contributed by atoms with van der Waals surface area (Å²) in [7, 11) is 1.95. The minimum Gasteiger partial charge on any atom is -0.331 e. The number of hydrogen-bond acceptors (Lipinski definition) is 2. The van der Waals surface area contributed by atoms with Crippen LogP contribution in [0.15, 0.2) is 53.0 Å². The summed E-state index contributed by atoms with van der Waals surface area (Å²) in [6.45, 7) is 0. The van der Waals surface area contributed by atoms with Crippen molar-refractivity contribution in [2.24, 2.45) is 7.05 Å². The lowest BCUT2D eigenvalue weighted by Crippen LogP contribution is -2.10. The number of rotatable bonds is 4. The molecule has 0 aliphatic heterocycles. The zero-order valence-electron chi connectivity index (χ0n) is 11.7. The summed E-state index contributed by atoms with van der Waals surface area (Å²) < 4.78 is 2.97. The van der Waals surface area contributed by atoms with Crippen LogP contribution in [0.25, 0.3) is 11.0 Å². The van der Waals surface area contributed by atoms with Gasteiger partial charge in [-0.15, -0.1) is 0 Å². The molecule has 0 unspecified atom stereocenters. The SMILES string of the molecule is Cn1c(CC(=O)Cc2ccccc2Br)nc2ccccc21. The Kier molecular flexibility index (Phi) is 3.88. The molecular weight excluding hydrogens is 328 g/mol. The van der Waals surface area contributed by atoms with Crippen LogP contribution in [0.3, 0.4) is 0 Å². The summed E-state index contributed by atoms with van der Waals surface area (Å²) in [6, 6.07) is 15.8. The Morgan fingerprint density at radius 3 is 2.57 bits per heavy atom. The Morgan fingerprint density at radius 1 is 1.10 bits per heavy atom.